The molecular formula is C9H11N3S2. The van der Waals surface area contributed by atoms with Gasteiger partial charge in [-0.25, -0.2) is 9.97 Å². The van der Waals surface area contributed by atoms with E-state index in [0.29, 0.717) is 0 Å². The fourth-order valence-corrected chi connectivity index (χ4v) is 2.42. The molecule has 0 atom stereocenters. The Hall–Kier alpha value is -0.780. The van der Waals surface area contributed by atoms with Crippen molar-refractivity contribution in [1.29, 1.82) is 0 Å². The molecule has 0 aliphatic rings. The van der Waals surface area contributed by atoms with E-state index in [1.807, 2.05) is 11.7 Å². The van der Waals surface area contributed by atoms with Gasteiger partial charge >= 0.3 is 0 Å². The molecule has 0 amide bonds. The van der Waals surface area contributed by atoms with Crippen LogP contribution in [0.4, 0.5) is 0 Å². The predicted molar refractivity (Wildman–Crippen MR) is 59.5 cm³/mol. The number of aromatic nitrogens is 2. The third-order valence-corrected chi connectivity index (χ3v) is 3.28. The second-order valence-electron chi connectivity index (χ2n) is 2.95. The second kappa shape index (κ2) is 4.63. The van der Waals surface area contributed by atoms with E-state index in [1.54, 1.807) is 22.7 Å². The van der Waals surface area contributed by atoms with Crippen LogP contribution in [0.5, 0.6) is 0 Å². The molecule has 2 aromatic heterocycles. The molecule has 0 aliphatic carbocycles. The Kier molecular flexibility index (Phi) is 3.23. The van der Waals surface area contributed by atoms with E-state index in [2.05, 4.69) is 27.6 Å². The SMILES string of the molecule is Cc1cnc(CNCc2cscn2)s1. The second-order valence-corrected chi connectivity index (χ2v) is 4.99. The summed E-state index contributed by atoms with van der Waals surface area (Å²) < 4.78 is 0. The molecule has 74 valence electrons. The largest absolute Gasteiger partial charge is 0.305 e. The summed E-state index contributed by atoms with van der Waals surface area (Å²) in [6.45, 7) is 3.72. The van der Waals surface area contributed by atoms with Gasteiger partial charge in [-0.2, -0.15) is 0 Å². The van der Waals surface area contributed by atoms with Crippen molar-refractivity contribution in [3.63, 3.8) is 0 Å². The molecule has 2 aromatic rings. The molecular weight excluding hydrogens is 214 g/mol. The monoisotopic (exact) mass is 225 g/mol. The molecule has 0 aliphatic heterocycles. The van der Waals surface area contributed by atoms with E-state index in [1.165, 1.54) is 4.88 Å². The van der Waals surface area contributed by atoms with Gasteiger partial charge in [0.25, 0.3) is 0 Å². The minimum atomic E-state index is 0.822. The zero-order valence-corrected chi connectivity index (χ0v) is 9.49. The van der Waals surface area contributed by atoms with Crippen molar-refractivity contribution in [2.75, 3.05) is 0 Å². The molecule has 0 fully saturated rings. The Balaban J connectivity index is 1.78. The van der Waals surface area contributed by atoms with Crippen LogP contribution in [0.25, 0.3) is 0 Å². The lowest BCUT2D eigenvalue weighted by molar-refractivity contribution is 0.679. The van der Waals surface area contributed by atoms with Crippen LogP contribution in [0.15, 0.2) is 17.1 Å². The van der Waals surface area contributed by atoms with Gasteiger partial charge in [0.15, 0.2) is 0 Å². The van der Waals surface area contributed by atoms with Crippen LogP contribution in [0.1, 0.15) is 15.6 Å². The molecule has 1 N–H and O–H groups in total. The number of nitrogens with one attached hydrogen (secondary N) is 1. The lowest BCUT2D eigenvalue weighted by Gasteiger charge is -1.98. The van der Waals surface area contributed by atoms with Gasteiger partial charge in [0, 0.05) is 29.5 Å². The summed E-state index contributed by atoms with van der Waals surface area (Å²) in [4.78, 5) is 9.72. The van der Waals surface area contributed by atoms with Crippen molar-refractivity contribution in [2.45, 2.75) is 20.0 Å². The summed E-state index contributed by atoms with van der Waals surface area (Å²) in [5, 5.41) is 6.50. The van der Waals surface area contributed by atoms with Crippen molar-refractivity contribution < 1.29 is 0 Å². The first-order chi connectivity index (χ1) is 6.84. The highest BCUT2D eigenvalue weighted by atomic mass is 32.1. The Bertz CT molecular complexity index is 380. The molecule has 0 spiro atoms. The number of aryl methyl sites for hydroxylation is 1. The fraction of sp³-hybridized carbons (Fsp3) is 0.333. The van der Waals surface area contributed by atoms with Crippen molar-refractivity contribution >= 4 is 22.7 Å². The highest BCUT2D eigenvalue weighted by Gasteiger charge is 1.98. The van der Waals surface area contributed by atoms with Crippen LogP contribution in [0.2, 0.25) is 0 Å². The first-order valence-electron chi connectivity index (χ1n) is 4.33. The van der Waals surface area contributed by atoms with E-state index < -0.39 is 0 Å². The van der Waals surface area contributed by atoms with E-state index >= 15 is 0 Å². The Morgan fingerprint density at radius 3 is 2.93 bits per heavy atom. The Morgan fingerprint density at radius 2 is 2.29 bits per heavy atom. The van der Waals surface area contributed by atoms with E-state index in [-0.39, 0.29) is 0 Å². The van der Waals surface area contributed by atoms with Crippen LogP contribution >= 0.6 is 22.7 Å². The molecule has 14 heavy (non-hydrogen) atoms. The molecule has 3 nitrogen and oxygen atoms in total. The fourth-order valence-electron chi connectivity index (χ4n) is 1.11. The van der Waals surface area contributed by atoms with E-state index in [0.717, 1.165) is 23.8 Å². The first-order valence-corrected chi connectivity index (χ1v) is 6.09. The Labute approximate surface area is 90.9 Å². The average Bonchev–Trinajstić information content (AvgIpc) is 2.77. The third kappa shape index (κ3) is 2.60. The predicted octanol–water partition coefficient (Wildman–Crippen LogP) is 2.20. The number of thiazole rings is 2. The van der Waals surface area contributed by atoms with Crippen LogP contribution in [0, 0.1) is 6.92 Å². The molecule has 2 heterocycles. The zero-order chi connectivity index (χ0) is 9.80. The van der Waals surface area contributed by atoms with E-state index in [4.69, 9.17) is 0 Å². The molecule has 0 aromatic carbocycles. The molecule has 2 rings (SSSR count). The summed E-state index contributed by atoms with van der Waals surface area (Å²) in [7, 11) is 0. The maximum atomic E-state index is 4.27. The molecule has 0 bridgehead atoms. The highest BCUT2D eigenvalue weighted by Crippen LogP contribution is 2.10. The zero-order valence-electron chi connectivity index (χ0n) is 7.86. The molecule has 0 saturated heterocycles. The topological polar surface area (TPSA) is 37.8 Å². The highest BCUT2D eigenvalue weighted by molar-refractivity contribution is 7.11. The lowest BCUT2D eigenvalue weighted by Crippen LogP contribution is -2.12. The minimum Gasteiger partial charge on any atom is -0.305 e. The molecule has 5 heteroatoms. The summed E-state index contributed by atoms with van der Waals surface area (Å²) in [5.74, 6) is 0. The van der Waals surface area contributed by atoms with Crippen molar-refractivity contribution in [2.24, 2.45) is 0 Å². The smallest absolute Gasteiger partial charge is 0.107 e. The van der Waals surface area contributed by atoms with Crippen LogP contribution in [-0.2, 0) is 13.1 Å². The van der Waals surface area contributed by atoms with Crippen molar-refractivity contribution in [1.82, 2.24) is 15.3 Å². The van der Waals surface area contributed by atoms with E-state index in [9.17, 15) is 0 Å². The summed E-state index contributed by atoms with van der Waals surface area (Å²) in [6, 6.07) is 0. The van der Waals surface area contributed by atoms with Crippen LogP contribution in [-0.4, -0.2) is 9.97 Å². The molecule has 0 radical (unpaired) electrons. The van der Waals surface area contributed by atoms with Crippen molar-refractivity contribution in [3.8, 4) is 0 Å². The standard InChI is InChI=1S/C9H11N3S2/c1-7-2-11-9(14-7)4-10-3-8-5-13-6-12-8/h2,5-6,10H,3-4H2,1H3. The number of nitrogens with zero attached hydrogens (tertiary/aromatic N) is 2. The van der Waals surface area contributed by atoms with Gasteiger partial charge in [0.1, 0.15) is 5.01 Å². The van der Waals surface area contributed by atoms with Gasteiger partial charge < -0.3 is 5.32 Å². The summed E-state index contributed by atoms with van der Waals surface area (Å²) >= 11 is 3.36. The number of rotatable bonds is 4. The Morgan fingerprint density at radius 1 is 1.36 bits per heavy atom. The van der Waals surface area contributed by atoms with Crippen LogP contribution < -0.4 is 5.32 Å². The van der Waals surface area contributed by atoms with Gasteiger partial charge in [-0.3, -0.25) is 0 Å². The van der Waals surface area contributed by atoms with Gasteiger partial charge in [0.05, 0.1) is 11.2 Å². The van der Waals surface area contributed by atoms with Gasteiger partial charge in [0.2, 0.25) is 0 Å². The van der Waals surface area contributed by atoms with Gasteiger partial charge in [-0.15, -0.1) is 22.7 Å². The maximum Gasteiger partial charge on any atom is 0.107 e. The average molecular weight is 225 g/mol. The minimum absolute atomic E-state index is 0.822. The first kappa shape index (κ1) is 9.76. The number of hydrogen-bond donors (Lipinski definition) is 1. The lowest BCUT2D eigenvalue weighted by atomic mass is 10.5. The van der Waals surface area contributed by atoms with Gasteiger partial charge in [-0.1, -0.05) is 0 Å². The van der Waals surface area contributed by atoms with Gasteiger partial charge in [-0.05, 0) is 6.92 Å². The molecule has 0 saturated carbocycles. The molecule has 0 unspecified atom stereocenters. The normalized spacial score (nSPS) is 10.6. The maximum absolute atomic E-state index is 4.27. The number of hydrogen-bond acceptors (Lipinski definition) is 5. The van der Waals surface area contributed by atoms with Crippen LogP contribution in [0.3, 0.4) is 0 Å². The van der Waals surface area contributed by atoms with Crippen molar-refractivity contribution in [3.05, 3.63) is 32.7 Å². The quantitative estimate of drug-likeness (QED) is 0.867. The third-order valence-electron chi connectivity index (χ3n) is 1.73. The summed E-state index contributed by atoms with van der Waals surface area (Å²) in [5.41, 5.74) is 2.95. The summed E-state index contributed by atoms with van der Waals surface area (Å²) in [6.07, 6.45) is 1.91.